The van der Waals surface area contributed by atoms with E-state index in [1.807, 2.05) is 57.2 Å². The molecule has 4 aromatic rings. The van der Waals surface area contributed by atoms with E-state index in [0.29, 0.717) is 22.3 Å². The van der Waals surface area contributed by atoms with E-state index in [4.69, 9.17) is 4.74 Å². The van der Waals surface area contributed by atoms with Crippen molar-refractivity contribution in [2.45, 2.75) is 27.3 Å². The van der Waals surface area contributed by atoms with Crippen molar-refractivity contribution in [3.63, 3.8) is 0 Å². The Balaban J connectivity index is 1.99. The van der Waals surface area contributed by atoms with Crippen molar-refractivity contribution in [3.8, 4) is 22.6 Å². The number of nitrogens with one attached hydrogen (secondary N) is 1. The molecule has 0 fully saturated rings. The number of pyridine rings is 1. The molecule has 0 aliphatic carbocycles. The van der Waals surface area contributed by atoms with Crippen molar-refractivity contribution >= 4 is 20.8 Å². The monoisotopic (exact) mass is 488 g/mol. The lowest BCUT2D eigenvalue weighted by molar-refractivity contribution is 0.476. The predicted octanol–water partition coefficient (Wildman–Crippen LogP) is 5.49. The highest BCUT2D eigenvalue weighted by atomic mass is 32.2. The minimum atomic E-state index is -3.65. The number of hydrogen-bond acceptors (Lipinski definition) is 4. The molecule has 180 valence electrons. The van der Waals surface area contributed by atoms with Crippen molar-refractivity contribution < 1.29 is 13.2 Å². The lowest BCUT2D eigenvalue weighted by atomic mass is 9.95. The number of nitrogens with zero attached hydrogens (tertiary/aromatic N) is 1. The Hall–Kier alpha value is -3.68. The van der Waals surface area contributed by atoms with Crippen molar-refractivity contribution in [2.75, 3.05) is 0 Å². The molecule has 0 radical (unpaired) electrons. The highest BCUT2D eigenvalue weighted by Crippen LogP contribution is 2.40. The van der Waals surface area contributed by atoms with Crippen molar-refractivity contribution in [2.24, 2.45) is 7.05 Å². The van der Waals surface area contributed by atoms with Crippen LogP contribution in [0.25, 0.3) is 21.9 Å². The number of aryl methyl sites for hydroxylation is 4. The average Bonchev–Trinajstić information content (AvgIpc) is 2.82. The van der Waals surface area contributed by atoms with Gasteiger partial charge >= 0.3 is 0 Å². The van der Waals surface area contributed by atoms with Crippen LogP contribution in [-0.4, -0.2) is 13.0 Å². The molecule has 0 amide bonds. The van der Waals surface area contributed by atoms with E-state index in [2.05, 4.69) is 23.4 Å². The Morgan fingerprint density at radius 2 is 1.66 bits per heavy atom. The van der Waals surface area contributed by atoms with Crippen LogP contribution in [0.15, 0.2) is 77.6 Å². The summed E-state index contributed by atoms with van der Waals surface area (Å²) < 4.78 is 34.9. The number of hydrogen-bond donors (Lipinski definition) is 1. The highest BCUT2D eigenvalue weighted by Gasteiger charge is 2.19. The molecule has 0 atom stereocenters. The van der Waals surface area contributed by atoms with E-state index in [1.165, 1.54) is 4.57 Å². The molecule has 0 spiro atoms. The van der Waals surface area contributed by atoms with Crippen molar-refractivity contribution in [1.29, 1.82) is 0 Å². The van der Waals surface area contributed by atoms with Gasteiger partial charge < -0.3 is 9.30 Å². The van der Waals surface area contributed by atoms with Crippen molar-refractivity contribution in [3.05, 3.63) is 105 Å². The van der Waals surface area contributed by atoms with Crippen LogP contribution < -0.4 is 15.0 Å². The maximum absolute atomic E-state index is 12.8. The SMILES string of the molecule is C=CS(=O)(=O)NCc1cccc(Oc2c(C)cc(C)cc2C)c1-c1cn(C)c(=O)c2ccccc12. The average molecular weight is 489 g/mol. The molecule has 35 heavy (non-hydrogen) atoms. The van der Waals surface area contributed by atoms with E-state index >= 15 is 0 Å². The van der Waals surface area contributed by atoms with Crippen LogP contribution in [0.5, 0.6) is 11.5 Å². The maximum Gasteiger partial charge on any atom is 0.258 e. The van der Waals surface area contributed by atoms with Gasteiger partial charge in [0.25, 0.3) is 5.56 Å². The fraction of sp³-hybridized carbons (Fsp3) is 0.179. The molecule has 1 heterocycles. The van der Waals surface area contributed by atoms with Crippen LogP contribution in [0.4, 0.5) is 0 Å². The van der Waals surface area contributed by atoms with Crippen LogP contribution in [0.2, 0.25) is 0 Å². The van der Waals surface area contributed by atoms with Crippen LogP contribution in [0.3, 0.4) is 0 Å². The van der Waals surface area contributed by atoms with Gasteiger partial charge in [-0.25, -0.2) is 13.1 Å². The first-order chi connectivity index (χ1) is 16.6. The predicted molar refractivity (Wildman–Crippen MR) is 141 cm³/mol. The second kappa shape index (κ2) is 9.52. The third kappa shape index (κ3) is 4.92. The zero-order chi connectivity index (χ0) is 25.3. The number of sulfonamides is 1. The van der Waals surface area contributed by atoms with Gasteiger partial charge in [-0.1, -0.05) is 54.6 Å². The molecule has 1 aromatic heterocycles. The summed E-state index contributed by atoms with van der Waals surface area (Å²) in [6.07, 6.45) is 1.77. The quantitative estimate of drug-likeness (QED) is 0.373. The molecule has 7 heteroatoms. The van der Waals surface area contributed by atoms with Crippen LogP contribution in [-0.2, 0) is 23.6 Å². The molecule has 0 unspecified atom stereocenters. The molecular weight excluding hydrogens is 460 g/mol. The first-order valence-electron chi connectivity index (χ1n) is 11.2. The Bertz CT molecular complexity index is 1600. The zero-order valence-corrected chi connectivity index (χ0v) is 21.1. The standard InChI is InChI=1S/C28H28N2O4S/c1-6-35(32,33)29-16-21-10-9-13-25(34-27-19(3)14-18(2)15-20(27)4)26(21)24-17-30(5)28(31)23-12-8-7-11-22(23)24/h6-15,17,29H,1,16H2,2-5H3. The molecule has 0 saturated carbocycles. The van der Waals surface area contributed by atoms with E-state index in [0.717, 1.165) is 38.8 Å². The molecular formula is C28H28N2O4S. The van der Waals surface area contributed by atoms with Crippen molar-refractivity contribution in [1.82, 2.24) is 9.29 Å². The number of ether oxygens (including phenoxy) is 1. The first kappa shape index (κ1) is 24.4. The molecule has 0 saturated heterocycles. The topological polar surface area (TPSA) is 77.4 Å². The van der Waals surface area contributed by atoms with Gasteiger partial charge in [-0.2, -0.15) is 0 Å². The molecule has 4 rings (SSSR count). The summed E-state index contributed by atoms with van der Waals surface area (Å²) in [6.45, 7) is 9.44. The maximum atomic E-state index is 12.8. The summed E-state index contributed by atoms with van der Waals surface area (Å²) in [7, 11) is -1.94. The summed E-state index contributed by atoms with van der Waals surface area (Å²) in [6, 6.07) is 17.1. The Kier molecular flexibility index (Phi) is 6.65. The number of aromatic nitrogens is 1. The molecule has 0 aliphatic rings. The normalized spacial score (nSPS) is 11.5. The third-order valence-electron chi connectivity index (χ3n) is 5.97. The van der Waals surface area contributed by atoms with Gasteiger partial charge in [-0.15, -0.1) is 0 Å². The lowest BCUT2D eigenvalue weighted by Crippen LogP contribution is -2.21. The third-order valence-corrected chi connectivity index (χ3v) is 6.96. The van der Waals surface area contributed by atoms with E-state index in [-0.39, 0.29) is 12.1 Å². The number of benzene rings is 3. The summed E-state index contributed by atoms with van der Waals surface area (Å²) in [5, 5.41) is 2.22. The van der Waals surface area contributed by atoms with Gasteiger partial charge in [0.15, 0.2) is 0 Å². The zero-order valence-electron chi connectivity index (χ0n) is 20.3. The van der Waals surface area contributed by atoms with E-state index < -0.39 is 10.0 Å². The van der Waals surface area contributed by atoms with Crippen LogP contribution in [0.1, 0.15) is 22.3 Å². The largest absolute Gasteiger partial charge is 0.456 e. The molecule has 3 aromatic carbocycles. The van der Waals surface area contributed by atoms with Gasteiger partial charge in [-0.3, -0.25) is 4.79 Å². The lowest BCUT2D eigenvalue weighted by Gasteiger charge is -2.20. The fourth-order valence-corrected chi connectivity index (χ4v) is 4.88. The first-order valence-corrected chi connectivity index (χ1v) is 12.7. The van der Waals surface area contributed by atoms with Gasteiger partial charge in [0, 0.05) is 41.7 Å². The Morgan fingerprint density at radius 3 is 2.31 bits per heavy atom. The van der Waals surface area contributed by atoms with E-state index in [9.17, 15) is 13.2 Å². The highest BCUT2D eigenvalue weighted by molar-refractivity contribution is 7.92. The molecule has 6 nitrogen and oxygen atoms in total. The second-order valence-corrected chi connectivity index (χ2v) is 10.4. The molecule has 0 bridgehead atoms. The fourth-order valence-electron chi connectivity index (χ4n) is 4.41. The number of rotatable bonds is 7. The molecule has 1 N–H and O–H groups in total. The summed E-state index contributed by atoms with van der Waals surface area (Å²) in [5.74, 6) is 1.31. The van der Waals surface area contributed by atoms with Crippen LogP contribution >= 0.6 is 0 Å². The smallest absolute Gasteiger partial charge is 0.258 e. The van der Waals surface area contributed by atoms with Gasteiger partial charge in [0.05, 0.1) is 0 Å². The Labute approximate surface area is 205 Å². The number of fused-ring (bicyclic) bond motifs is 1. The summed E-state index contributed by atoms with van der Waals surface area (Å²) in [5.41, 5.74) is 5.22. The summed E-state index contributed by atoms with van der Waals surface area (Å²) in [4.78, 5) is 12.8. The van der Waals surface area contributed by atoms with Gasteiger partial charge in [-0.05, 0) is 55.0 Å². The molecule has 0 aliphatic heterocycles. The van der Waals surface area contributed by atoms with Crippen LogP contribution in [0, 0.1) is 20.8 Å². The second-order valence-electron chi connectivity index (χ2n) is 8.66. The Morgan fingerprint density at radius 1 is 1.00 bits per heavy atom. The van der Waals surface area contributed by atoms with E-state index in [1.54, 1.807) is 19.3 Å². The van der Waals surface area contributed by atoms with Gasteiger partial charge in [0.2, 0.25) is 10.0 Å². The minimum absolute atomic E-state index is 0.0317. The summed E-state index contributed by atoms with van der Waals surface area (Å²) >= 11 is 0. The van der Waals surface area contributed by atoms with Gasteiger partial charge in [0.1, 0.15) is 11.5 Å². The minimum Gasteiger partial charge on any atom is -0.456 e.